The molecule has 0 saturated carbocycles. The van der Waals surface area contributed by atoms with E-state index in [1.807, 2.05) is 27.7 Å². The summed E-state index contributed by atoms with van der Waals surface area (Å²) < 4.78 is 8.02. The second-order valence-corrected chi connectivity index (χ2v) is 9.42. The Balaban J connectivity index is 2.18. The minimum absolute atomic E-state index is 0.0535. The lowest BCUT2D eigenvalue weighted by Crippen LogP contribution is -2.34. The molecule has 1 aliphatic rings. The fraction of sp³-hybridized carbons (Fsp3) is 0.474. The van der Waals surface area contributed by atoms with Crippen LogP contribution in [0.15, 0.2) is 34.3 Å². The average Bonchev–Trinajstić information content (AvgIpc) is 2.83. The molecule has 4 nitrogen and oxygen atoms in total. The normalized spacial score (nSPS) is 16.0. The van der Waals surface area contributed by atoms with Crippen LogP contribution >= 0.6 is 23.1 Å². The van der Waals surface area contributed by atoms with E-state index in [0.29, 0.717) is 25.1 Å². The maximum Gasteiger partial charge on any atom is 0.211 e. The molecule has 0 atom stereocenters. The highest BCUT2D eigenvalue weighted by Gasteiger charge is 2.30. The van der Waals surface area contributed by atoms with Gasteiger partial charge in [0, 0.05) is 29.2 Å². The number of hydrogen-bond acceptors (Lipinski definition) is 5. The Hall–Kier alpha value is -1.37. The van der Waals surface area contributed by atoms with Gasteiger partial charge in [-0.1, -0.05) is 36.1 Å². The monoisotopic (exact) mass is 376 g/mol. The van der Waals surface area contributed by atoms with E-state index in [2.05, 4.69) is 17.7 Å². The Morgan fingerprint density at radius 1 is 1.36 bits per heavy atom. The highest BCUT2D eigenvalue weighted by molar-refractivity contribution is 7.99. The molecule has 6 heteroatoms. The molecule has 1 aliphatic heterocycles. The van der Waals surface area contributed by atoms with Gasteiger partial charge >= 0.3 is 0 Å². The Morgan fingerprint density at radius 2 is 2.08 bits per heavy atom. The molecule has 0 radical (unpaired) electrons. The molecule has 0 aromatic carbocycles. The third-order valence-electron chi connectivity index (χ3n) is 4.00. The lowest BCUT2D eigenvalue weighted by molar-refractivity contribution is -0.0386. The van der Waals surface area contributed by atoms with Crippen LogP contribution in [0.1, 0.15) is 38.1 Å². The molecule has 25 heavy (non-hydrogen) atoms. The molecule has 0 bridgehead atoms. The second-order valence-electron chi connectivity index (χ2n) is 7.40. The predicted octanol–water partition coefficient (Wildman–Crippen LogP) is 4.55. The van der Waals surface area contributed by atoms with Crippen LogP contribution in [0.25, 0.3) is 10.3 Å². The van der Waals surface area contributed by atoms with E-state index in [0.717, 1.165) is 37.3 Å². The molecular formula is C19H24N2O2S2. The van der Waals surface area contributed by atoms with Crippen LogP contribution in [-0.4, -0.2) is 20.9 Å². The van der Waals surface area contributed by atoms with E-state index in [-0.39, 0.29) is 11.0 Å². The molecule has 3 rings (SSSR count). The zero-order valence-corrected chi connectivity index (χ0v) is 16.9. The zero-order valence-electron chi connectivity index (χ0n) is 15.3. The topological polar surface area (TPSA) is 44.1 Å². The number of nitrogens with zero attached hydrogens (tertiary/aromatic N) is 2. The van der Waals surface area contributed by atoms with E-state index >= 15 is 0 Å². The summed E-state index contributed by atoms with van der Waals surface area (Å²) >= 11 is 3.25. The van der Waals surface area contributed by atoms with Crippen LogP contribution in [0.3, 0.4) is 0 Å². The Morgan fingerprint density at radius 3 is 2.72 bits per heavy atom. The number of imidazole rings is 1. The first kappa shape index (κ1) is 18.4. The van der Waals surface area contributed by atoms with Crippen molar-refractivity contribution in [2.45, 2.75) is 58.0 Å². The van der Waals surface area contributed by atoms with Crippen molar-refractivity contribution in [1.82, 2.24) is 9.55 Å². The Kier molecular flexibility index (Phi) is 4.97. The quantitative estimate of drug-likeness (QED) is 0.567. The van der Waals surface area contributed by atoms with Gasteiger partial charge in [-0.2, -0.15) is 0 Å². The van der Waals surface area contributed by atoms with Crippen molar-refractivity contribution in [3.05, 3.63) is 45.0 Å². The van der Waals surface area contributed by atoms with Crippen molar-refractivity contribution in [2.24, 2.45) is 0 Å². The van der Waals surface area contributed by atoms with Crippen molar-refractivity contribution in [2.75, 3.05) is 5.75 Å². The van der Waals surface area contributed by atoms with E-state index in [9.17, 15) is 4.79 Å². The Bertz CT molecular complexity index is 922. The largest absolute Gasteiger partial charge is 0.370 e. The molecule has 0 spiro atoms. The van der Waals surface area contributed by atoms with Crippen LogP contribution in [-0.2, 0) is 24.3 Å². The number of hydrogen-bond donors (Lipinski definition) is 0. The van der Waals surface area contributed by atoms with Crippen LogP contribution in [0.2, 0.25) is 0 Å². The summed E-state index contributed by atoms with van der Waals surface area (Å²) in [6.07, 6.45) is 0.634. The van der Waals surface area contributed by atoms with Crippen LogP contribution in [0.5, 0.6) is 0 Å². The first-order valence-corrected chi connectivity index (χ1v) is 10.1. The fourth-order valence-corrected chi connectivity index (χ4v) is 4.89. The van der Waals surface area contributed by atoms with Crippen LogP contribution in [0.4, 0.5) is 0 Å². The number of aromatic nitrogens is 2. The van der Waals surface area contributed by atoms with Crippen molar-refractivity contribution in [3.63, 3.8) is 0 Å². The van der Waals surface area contributed by atoms with Gasteiger partial charge in [-0.25, -0.2) is 4.98 Å². The van der Waals surface area contributed by atoms with Crippen LogP contribution < -0.4 is 5.43 Å². The predicted molar refractivity (Wildman–Crippen MR) is 107 cm³/mol. The second kappa shape index (κ2) is 6.74. The molecule has 0 N–H and O–H groups in total. The third-order valence-corrected chi connectivity index (χ3v) is 6.43. The minimum Gasteiger partial charge on any atom is -0.370 e. The van der Waals surface area contributed by atoms with Gasteiger partial charge in [0.25, 0.3) is 0 Å². The molecule has 134 valence electrons. The van der Waals surface area contributed by atoms with Gasteiger partial charge in [0.15, 0.2) is 5.16 Å². The minimum atomic E-state index is -0.301. The first-order valence-electron chi connectivity index (χ1n) is 8.28. The number of thioether (sulfide) groups is 1. The van der Waals surface area contributed by atoms with Crippen LogP contribution in [0, 0.1) is 0 Å². The lowest BCUT2D eigenvalue weighted by atomic mass is 9.96. The van der Waals surface area contributed by atoms with Gasteiger partial charge in [-0.05, 0) is 27.7 Å². The van der Waals surface area contributed by atoms with Crippen molar-refractivity contribution in [3.8, 4) is 0 Å². The standard InChI is InChI=1S/C19H24N2O2S2/c1-11(2)8-21-17-15(20-18(21)24-10-12(3)4)16(22)13-7-19(5,6)23-9-14(13)25-17/h1,3,7-10H2,2,4-6H3. The molecule has 0 fully saturated rings. The molecule has 2 aromatic rings. The molecule has 3 heterocycles. The van der Waals surface area contributed by atoms with E-state index < -0.39 is 0 Å². The summed E-state index contributed by atoms with van der Waals surface area (Å²) in [4.78, 5) is 19.7. The van der Waals surface area contributed by atoms with E-state index in [1.54, 1.807) is 23.1 Å². The van der Waals surface area contributed by atoms with Gasteiger partial charge in [-0.3, -0.25) is 4.79 Å². The number of ether oxygens (including phenoxy) is 1. The molecule has 0 unspecified atom stereocenters. The van der Waals surface area contributed by atoms with Gasteiger partial charge in [-0.15, -0.1) is 11.3 Å². The number of fused-ring (bicyclic) bond motifs is 2. The lowest BCUT2D eigenvalue weighted by Gasteiger charge is -2.30. The highest BCUT2D eigenvalue weighted by atomic mass is 32.2. The maximum absolute atomic E-state index is 13.1. The summed E-state index contributed by atoms with van der Waals surface area (Å²) in [5, 5.41) is 0.858. The third kappa shape index (κ3) is 3.76. The molecule has 0 saturated heterocycles. The fourth-order valence-electron chi connectivity index (χ4n) is 2.86. The zero-order chi connectivity index (χ0) is 18.4. The van der Waals surface area contributed by atoms with E-state index in [4.69, 9.17) is 9.72 Å². The number of allylic oxidation sites excluding steroid dienone is 1. The summed E-state index contributed by atoms with van der Waals surface area (Å²) in [6.45, 7) is 17.2. The highest BCUT2D eigenvalue weighted by Crippen LogP contribution is 2.34. The average molecular weight is 377 g/mol. The number of rotatable bonds is 5. The van der Waals surface area contributed by atoms with Gasteiger partial charge < -0.3 is 9.30 Å². The SMILES string of the molecule is C=C(C)CSc1nc2c(=O)c3c(sc2n1CC(=C)C)COC(C)(C)C3. The Labute approximate surface area is 156 Å². The molecule has 0 aliphatic carbocycles. The molecule has 0 amide bonds. The smallest absolute Gasteiger partial charge is 0.211 e. The first-order chi connectivity index (χ1) is 11.7. The van der Waals surface area contributed by atoms with Crippen molar-refractivity contribution < 1.29 is 4.74 Å². The summed E-state index contributed by atoms with van der Waals surface area (Å²) in [7, 11) is 0. The summed E-state index contributed by atoms with van der Waals surface area (Å²) in [6, 6.07) is 0. The van der Waals surface area contributed by atoms with Gasteiger partial charge in [0.05, 0.1) is 12.2 Å². The van der Waals surface area contributed by atoms with Gasteiger partial charge in [0.2, 0.25) is 5.43 Å². The maximum atomic E-state index is 13.1. The van der Waals surface area contributed by atoms with Crippen molar-refractivity contribution in [1.29, 1.82) is 0 Å². The molecular weight excluding hydrogens is 352 g/mol. The summed E-state index contributed by atoms with van der Waals surface area (Å²) in [5.74, 6) is 0.786. The van der Waals surface area contributed by atoms with E-state index in [1.165, 1.54) is 0 Å². The summed E-state index contributed by atoms with van der Waals surface area (Å²) in [5.41, 5.74) is 3.31. The molecule has 2 aromatic heterocycles. The van der Waals surface area contributed by atoms with Gasteiger partial charge in [0.1, 0.15) is 10.3 Å². The van der Waals surface area contributed by atoms with Crippen molar-refractivity contribution >= 4 is 33.4 Å².